The Balaban J connectivity index is 1.65. The Kier molecular flexibility index (Phi) is 4.78. The second-order valence-corrected chi connectivity index (χ2v) is 6.37. The van der Waals surface area contributed by atoms with Gasteiger partial charge in [-0.05, 0) is 18.9 Å². The van der Waals surface area contributed by atoms with Crippen molar-refractivity contribution in [2.75, 3.05) is 6.54 Å². The maximum Gasteiger partial charge on any atom is 0.282 e. The van der Waals surface area contributed by atoms with Crippen LogP contribution in [0.2, 0.25) is 0 Å². The minimum Gasteiger partial charge on any atom is -0.353 e. The quantitative estimate of drug-likeness (QED) is 0.499. The highest BCUT2D eigenvalue weighted by Gasteiger charge is 2.40. The van der Waals surface area contributed by atoms with Gasteiger partial charge in [-0.15, -0.1) is 0 Å². The van der Waals surface area contributed by atoms with Crippen molar-refractivity contribution in [3.8, 4) is 0 Å². The molecule has 0 bridgehead atoms. The van der Waals surface area contributed by atoms with E-state index in [-0.39, 0.29) is 41.7 Å². The van der Waals surface area contributed by atoms with Gasteiger partial charge < -0.3 is 5.32 Å². The van der Waals surface area contributed by atoms with Gasteiger partial charge >= 0.3 is 0 Å². The molecule has 3 rings (SSSR count). The van der Waals surface area contributed by atoms with Gasteiger partial charge in [-0.25, -0.2) is 0 Å². The van der Waals surface area contributed by atoms with Crippen molar-refractivity contribution in [2.24, 2.45) is 0 Å². The van der Waals surface area contributed by atoms with Crippen molar-refractivity contribution in [1.29, 1.82) is 0 Å². The van der Waals surface area contributed by atoms with E-state index < -0.39 is 16.7 Å². The number of nitrogens with zero attached hydrogens (tertiary/aromatic N) is 2. The molecule has 1 aliphatic carbocycles. The van der Waals surface area contributed by atoms with Gasteiger partial charge in [0.1, 0.15) is 5.56 Å². The van der Waals surface area contributed by atoms with Crippen LogP contribution in [0.4, 0.5) is 5.69 Å². The van der Waals surface area contributed by atoms with Gasteiger partial charge in [-0.3, -0.25) is 29.4 Å². The number of amides is 3. The summed E-state index contributed by atoms with van der Waals surface area (Å²) in [6, 6.07) is 4.12. The Morgan fingerprint density at radius 3 is 2.60 bits per heavy atom. The first kappa shape index (κ1) is 17.1. The maximum atomic E-state index is 12.4. The molecule has 1 saturated carbocycles. The second kappa shape index (κ2) is 7.00. The van der Waals surface area contributed by atoms with E-state index in [1.54, 1.807) is 0 Å². The van der Waals surface area contributed by atoms with Crippen LogP contribution in [0, 0.1) is 10.1 Å². The van der Waals surface area contributed by atoms with E-state index in [0.29, 0.717) is 0 Å². The third-order valence-corrected chi connectivity index (χ3v) is 4.71. The fourth-order valence-corrected chi connectivity index (χ4v) is 3.43. The van der Waals surface area contributed by atoms with E-state index in [4.69, 9.17) is 0 Å². The zero-order valence-corrected chi connectivity index (χ0v) is 13.7. The van der Waals surface area contributed by atoms with Crippen LogP contribution in [0.5, 0.6) is 0 Å². The number of hydrogen-bond acceptors (Lipinski definition) is 5. The smallest absolute Gasteiger partial charge is 0.282 e. The molecular formula is C17H19N3O5. The highest BCUT2D eigenvalue weighted by atomic mass is 16.6. The van der Waals surface area contributed by atoms with E-state index in [0.717, 1.165) is 30.6 Å². The lowest BCUT2D eigenvalue weighted by molar-refractivity contribution is -0.385. The normalized spacial score (nSPS) is 17.5. The maximum absolute atomic E-state index is 12.4. The third-order valence-electron chi connectivity index (χ3n) is 4.71. The third kappa shape index (κ3) is 3.38. The number of hydrogen-bond donors (Lipinski definition) is 1. The summed E-state index contributed by atoms with van der Waals surface area (Å²) in [6.45, 7) is -0.0813. The van der Waals surface area contributed by atoms with Crippen molar-refractivity contribution in [2.45, 2.75) is 44.6 Å². The first-order valence-corrected chi connectivity index (χ1v) is 8.42. The fraction of sp³-hybridized carbons (Fsp3) is 0.471. The van der Waals surface area contributed by atoms with Gasteiger partial charge in [0.25, 0.3) is 17.5 Å². The molecule has 25 heavy (non-hydrogen) atoms. The molecule has 2 aliphatic rings. The molecular weight excluding hydrogens is 326 g/mol. The zero-order valence-electron chi connectivity index (χ0n) is 13.7. The summed E-state index contributed by atoms with van der Waals surface area (Å²) in [5.74, 6) is -1.51. The zero-order chi connectivity index (χ0) is 18.0. The van der Waals surface area contributed by atoms with Gasteiger partial charge in [0.15, 0.2) is 0 Å². The van der Waals surface area contributed by atoms with Gasteiger partial charge in [-0.2, -0.15) is 0 Å². The average Bonchev–Trinajstić information content (AvgIpc) is 2.85. The lowest BCUT2D eigenvalue weighted by Crippen LogP contribution is -2.39. The molecule has 8 nitrogen and oxygen atoms in total. The van der Waals surface area contributed by atoms with Crippen LogP contribution in [0.15, 0.2) is 18.2 Å². The van der Waals surface area contributed by atoms with Crippen molar-refractivity contribution in [3.63, 3.8) is 0 Å². The fourth-order valence-electron chi connectivity index (χ4n) is 3.43. The SMILES string of the molecule is O=C(CCN1C(=O)c2cccc([N+](=O)[O-])c2C1=O)NC1CCCCC1. The molecule has 1 fully saturated rings. The Hall–Kier alpha value is -2.77. The molecule has 0 atom stereocenters. The standard InChI is InChI=1S/C17H19N3O5/c21-14(18-11-5-2-1-3-6-11)9-10-19-16(22)12-7-4-8-13(20(24)25)15(12)17(19)23/h4,7-8,11H,1-3,5-6,9-10H2,(H,18,21). The van der Waals surface area contributed by atoms with Crippen LogP contribution in [0.1, 0.15) is 59.2 Å². The van der Waals surface area contributed by atoms with E-state index in [2.05, 4.69) is 5.32 Å². The largest absolute Gasteiger partial charge is 0.353 e. The summed E-state index contributed by atoms with van der Waals surface area (Å²) < 4.78 is 0. The molecule has 1 aliphatic heterocycles. The highest BCUT2D eigenvalue weighted by Crippen LogP contribution is 2.30. The molecule has 0 unspecified atom stereocenters. The first-order chi connectivity index (χ1) is 12.0. The monoisotopic (exact) mass is 345 g/mol. The number of nitro benzene ring substituents is 1. The van der Waals surface area contributed by atoms with E-state index in [1.807, 2.05) is 0 Å². The molecule has 8 heteroatoms. The molecule has 0 saturated heterocycles. The molecule has 0 spiro atoms. The average molecular weight is 345 g/mol. The lowest BCUT2D eigenvalue weighted by Gasteiger charge is -2.23. The lowest BCUT2D eigenvalue weighted by atomic mass is 9.95. The van der Waals surface area contributed by atoms with Crippen molar-refractivity contribution >= 4 is 23.4 Å². The van der Waals surface area contributed by atoms with Gasteiger partial charge in [-0.1, -0.05) is 25.3 Å². The predicted molar refractivity (Wildman–Crippen MR) is 88.1 cm³/mol. The minimum absolute atomic E-state index is 0.00420. The Morgan fingerprint density at radius 2 is 1.92 bits per heavy atom. The predicted octanol–water partition coefficient (Wildman–Crippen LogP) is 2.03. The van der Waals surface area contributed by atoms with Crippen LogP contribution in [0.3, 0.4) is 0 Å². The molecule has 1 N–H and O–H groups in total. The van der Waals surface area contributed by atoms with Gasteiger partial charge in [0.05, 0.1) is 10.5 Å². The van der Waals surface area contributed by atoms with Crippen LogP contribution >= 0.6 is 0 Å². The number of carbonyl (C=O) groups excluding carboxylic acids is 3. The summed E-state index contributed by atoms with van der Waals surface area (Å²) in [4.78, 5) is 48.1. The van der Waals surface area contributed by atoms with Crippen LogP contribution < -0.4 is 5.32 Å². The van der Waals surface area contributed by atoms with Crippen LogP contribution in [-0.2, 0) is 4.79 Å². The number of carbonyl (C=O) groups is 3. The molecule has 1 aromatic carbocycles. The molecule has 0 radical (unpaired) electrons. The molecule has 1 aromatic rings. The number of rotatable bonds is 5. The van der Waals surface area contributed by atoms with Crippen molar-refractivity contribution in [1.82, 2.24) is 10.2 Å². The number of nitrogens with one attached hydrogen (secondary N) is 1. The highest BCUT2D eigenvalue weighted by molar-refractivity contribution is 6.23. The molecule has 132 valence electrons. The molecule has 1 heterocycles. The summed E-state index contributed by atoms with van der Waals surface area (Å²) in [5, 5.41) is 14.0. The Morgan fingerprint density at radius 1 is 1.20 bits per heavy atom. The Bertz CT molecular complexity index is 740. The van der Waals surface area contributed by atoms with E-state index >= 15 is 0 Å². The number of imide groups is 1. The number of benzene rings is 1. The number of nitro groups is 1. The Labute approximate surface area is 144 Å². The minimum atomic E-state index is -0.710. The van der Waals surface area contributed by atoms with Crippen LogP contribution in [-0.4, -0.2) is 40.1 Å². The summed E-state index contributed by atoms with van der Waals surface area (Å²) in [6.07, 6.45) is 5.26. The second-order valence-electron chi connectivity index (χ2n) is 6.37. The molecule has 0 aromatic heterocycles. The number of fused-ring (bicyclic) bond motifs is 1. The summed E-state index contributed by atoms with van der Waals surface area (Å²) in [5.41, 5.74) is -0.554. The summed E-state index contributed by atoms with van der Waals surface area (Å²) >= 11 is 0. The van der Waals surface area contributed by atoms with Crippen molar-refractivity contribution < 1.29 is 19.3 Å². The first-order valence-electron chi connectivity index (χ1n) is 8.42. The van der Waals surface area contributed by atoms with Crippen molar-refractivity contribution in [3.05, 3.63) is 39.4 Å². The van der Waals surface area contributed by atoms with E-state index in [1.165, 1.54) is 24.6 Å². The van der Waals surface area contributed by atoms with Gasteiger partial charge in [0.2, 0.25) is 5.91 Å². The molecule has 3 amide bonds. The topological polar surface area (TPSA) is 110 Å². The van der Waals surface area contributed by atoms with E-state index in [9.17, 15) is 24.5 Å². The summed E-state index contributed by atoms with van der Waals surface area (Å²) in [7, 11) is 0. The van der Waals surface area contributed by atoms with Gasteiger partial charge in [0, 0.05) is 25.1 Å². The van der Waals surface area contributed by atoms with Crippen LogP contribution in [0.25, 0.3) is 0 Å².